The first kappa shape index (κ1) is 12.0. The average molecular weight is 241 g/mol. The van der Waals surface area contributed by atoms with Crippen molar-refractivity contribution in [3.63, 3.8) is 0 Å². The number of hydrogen-bond donors (Lipinski definition) is 4. The molecule has 16 heavy (non-hydrogen) atoms. The van der Waals surface area contributed by atoms with E-state index in [2.05, 4.69) is 23.4 Å². The summed E-state index contributed by atoms with van der Waals surface area (Å²) >= 11 is 4.31. The number of nitrogens with two attached hydrogens (primary N) is 1. The molecule has 0 fully saturated rings. The van der Waals surface area contributed by atoms with Gasteiger partial charge in [0.05, 0.1) is 6.04 Å². The van der Waals surface area contributed by atoms with Gasteiger partial charge in [0.1, 0.15) is 0 Å². The molecule has 2 aliphatic carbocycles. The van der Waals surface area contributed by atoms with Gasteiger partial charge >= 0.3 is 0 Å². The Kier molecular flexibility index (Phi) is 3.89. The van der Waals surface area contributed by atoms with Gasteiger partial charge in [0.25, 0.3) is 0 Å². The number of amides is 1. The summed E-state index contributed by atoms with van der Waals surface area (Å²) in [5, 5.41) is 3.55. The number of carbonyl (C=O) groups excluding carboxylic acids is 1. The molecule has 0 saturated carbocycles. The Balaban J connectivity index is 1.68. The van der Waals surface area contributed by atoms with Crippen LogP contribution in [-0.2, 0) is 4.79 Å². The summed E-state index contributed by atoms with van der Waals surface area (Å²) < 4.78 is 0. The highest BCUT2D eigenvalue weighted by Gasteiger charge is 2.39. The lowest BCUT2D eigenvalue weighted by atomic mass is 10.1. The van der Waals surface area contributed by atoms with Gasteiger partial charge in [-0.3, -0.25) is 10.2 Å². The van der Waals surface area contributed by atoms with E-state index in [0.29, 0.717) is 18.5 Å². The van der Waals surface area contributed by atoms with E-state index in [-0.39, 0.29) is 5.91 Å². The summed E-state index contributed by atoms with van der Waals surface area (Å²) in [6.45, 7) is 0. The molecule has 0 aromatic rings. The van der Waals surface area contributed by atoms with Crippen LogP contribution in [-0.4, -0.2) is 23.7 Å². The zero-order valence-corrected chi connectivity index (χ0v) is 10.2. The van der Waals surface area contributed by atoms with Gasteiger partial charge in [-0.05, 0) is 36.8 Å². The lowest BCUT2D eigenvalue weighted by molar-refractivity contribution is -0.121. The smallest absolute Gasteiger partial charge is 0.233 e. The van der Waals surface area contributed by atoms with Gasteiger partial charge in [-0.15, -0.1) is 0 Å². The first-order chi connectivity index (χ1) is 7.76. The van der Waals surface area contributed by atoms with Crippen molar-refractivity contribution in [2.75, 3.05) is 5.75 Å². The van der Waals surface area contributed by atoms with E-state index < -0.39 is 0 Å². The minimum absolute atomic E-state index is 0.107. The third kappa shape index (κ3) is 2.59. The highest BCUT2D eigenvalue weighted by atomic mass is 32.1. The molecular formula is C11H19N3OS. The fraction of sp³-hybridized carbons (Fsp3) is 0.727. The van der Waals surface area contributed by atoms with Crippen LogP contribution >= 0.6 is 12.6 Å². The van der Waals surface area contributed by atoms with E-state index in [1.807, 2.05) is 0 Å². The van der Waals surface area contributed by atoms with Crippen LogP contribution in [0.3, 0.4) is 0 Å². The molecular weight excluding hydrogens is 222 g/mol. The molecule has 1 atom stereocenters. The van der Waals surface area contributed by atoms with Crippen molar-refractivity contribution in [3.05, 3.63) is 11.1 Å². The highest BCUT2D eigenvalue weighted by Crippen LogP contribution is 2.45. The van der Waals surface area contributed by atoms with Crippen molar-refractivity contribution < 1.29 is 4.79 Å². The van der Waals surface area contributed by atoms with Gasteiger partial charge in [0.15, 0.2) is 0 Å². The van der Waals surface area contributed by atoms with Crippen molar-refractivity contribution >= 4 is 18.5 Å². The molecule has 4 N–H and O–H groups in total. The summed E-state index contributed by atoms with van der Waals surface area (Å²) in [5.41, 5.74) is 5.36. The van der Waals surface area contributed by atoms with Gasteiger partial charge in [-0.25, -0.2) is 5.84 Å². The normalized spacial score (nSPS) is 20.9. The molecule has 90 valence electrons. The zero-order chi connectivity index (χ0) is 11.5. The van der Waals surface area contributed by atoms with Crippen LogP contribution in [0.1, 0.15) is 32.1 Å². The van der Waals surface area contributed by atoms with Gasteiger partial charge in [0.2, 0.25) is 5.91 Å². The summed E-state index contributed by atoms with van der Waals surface area (Å²) in [4.78, 5) is 11.0. The Morgan fingerprint density at radius 1 is 1.50 bits per heavy atom. The fourth-order valence-electron chi connectivity index (χ4n) is 2.44. The molecule has 0 heterocycles. The van der Waals surface area contributed by atoms with Crippen molar-refractivity contribution in [3.8, 4) is 0 Å². The number of nitrogens with one attached hydrogen (secondary N) is 2. The van der Waals surface area contributed by atoms with Gasteiger partial charge in [-0.2, -0.15) is 12.6 Å². The quantitative estimate of drug-likeness (QED) is 0.180. The number of thiol groups is 1. The van der Waals surface area contributed by atoms with E-state index in [4.69, 9.17) is 5.84 Å². The highest BCUT2D eigenvalue weighted by molar-refractivity contribution is 7.80. The van der Waals surface area contributed by atoms with Crippen molar-refractivity contribution in [1.29, 1.82) is 0 Å². The van der Waals surface area contributed by atoms with E-state index in [1.165, 1.54) is 19.3 Å². The van der Waals surface area contributed by atoms with Gasteiger partial charge in [0, 0.05) is 18.2 Å². The molecule has 0 aliphatic heterocycles. The number of hydrazine groups is 1. The topological polar surface area (TPSA) is 67.1 Å². The van der Waals surface area contributed by atoms with E-state index in [1.54, 1.807) is 11.1 Å². The van der Waals surface area contributed by atoms with Gasteiger partial charge < -0.3 is 5.32 Å². The number of rotatable bonds is 6. The third-order valence-electron chi connectivity index (χ3n) is 3.42. The lowest BCUT2D eigenvalue weighted by Crippen LogP contribution is -2.37. The predicted molar refractivity (Wildman–Crippen MR) is 67.0 cm³/mol. The van der Waals surface area contributed by atoms with E-state index in [0.717, 1.165) is 12.2 Å². The first-order valence-electron chi connectivity index (χ1n) is 5.84. The Bertz CT molecular complexity index is 302. The molecule has 1 unspecified atom stereocenters. The second kappa shape index (κ2) is 5.21. The molecule has 1 amide bonds. The summed E-state index contributed by atoms with van der Waals surface area (Å²) in [6.07, 6.45) is 5.10. The van der Waals surface area contributed by atoms with Crippen molar-refractivity contribution in [2.24, 2.45) is 5.84 Å². The lowest BCUT2D eigenvalue weighted by Gasteiger charge is -2.18. The average Bonchev–Trinajstić information content (AvgIpc) is 2.76. The fourth-order valence-corrected chi connectivity index (χ4v) is 2.73. The Morgan fingerprint density at radius 3 is 2.75 bits per heavy atom. The van der Waals surface area contributed by atoms with Crippen LogP contribution in [0.15, 0.2) is 11.1 Å². The molecule has 0 aromatic carbocycles. The Labute approximate surface area is 101 Å². The minimum Gasteiger partial charge on any atom is -0.303 e. The second-order valence-corrected chi connectivity index (χ2v) is 4.85. The SMILES string of the molecule is NNC(=O)CCC(CS)NC1C2=C1CCC2. The summed E-state index contributed by atoms with van der Waals surface area (Å²) in [7, 11) is 0. The second-order valence-electron chi connectivity index (χ2n) is 4.49. The van der Waals surface area contributed by atoms with Crippen LogP contribution in [0.25, 0.3) is 0 Å². The van der Waals surface area contributed by atoms with Crippen LogP contribution < -0.4 is 16.6 Å². The molecule has 0 saturated heterocycles. The first-order valence-corrected chi connectivity index (χ1v) is 6.47. The maximum atomic E-state index is 11.0. The van der Waals surface area contributed by atoms with Gasteiger partial charge in [-0.1, -0.05) is 0 Å². The van der Waals surface area contributed by atoms with E-state index in [9.17, 15) is 4.79 Å². The molecule has 0 aromatic heterocycles. The van der Waals surface area contributed by atoms with Crippen LogP contribution in [0.5, 0.6) is 0 Å². The van der Waals surface area contributed by atoms with Crippen LogP contribution in [0, 0.1) is 0 Å². The van der Waals surface area contributed by atoms with Crippen molar-refractivity contribution in [1.82, 2.24) is 10.7 Å². The standard InChI is InChI=1S/C11H19N3OS/c12-14-10(15)5-4-7(6-16)13-11-8-2-1-3-9(8)11/h7,11,13,16H,1-6,12H2,(H,14,15). The maximum absolute atomic E-state index is 11.0. The maximum Gasteiger partial charge on any atom is 0.233 e. The van der Waals surface area contributed by atoms with Crippen molar-refractivity contribution in [2.45, 2.75) is 44.2 Å². The van der Waals surface area contributed by atoms with E-state index >= 15 is 0 Å². The third-order valence-corrected chi connectivity index (χ3v) is 3.86. The van der Waals surface area contributed by atoms with Crippen LogP contribution in [0.2, 0.25) is 0 Å². The molecule has 2 rings (SSSR count). The molecule has 0 radical (unpaired) electrons. The molecule has 4 nitrogen and oxygen atoms in total. The molecule has 0 spiro atoms. The number of hydrogen-bond acceptors (Lipinski definition) is 4. The number of carbonyl (C=O) groups is 1. The zero-order valence-electron chi connectivity index (χ0n) is 9.33. The predicted octanol–water partition coefficient (Wildman–Crippen LogP) is 0.507. The summed E-state index contributed by atoms with van der Waals surface area (Å²) in [5.74, 6) is 5.69. The monoisotopic (exact) mass is 241 g/mol. The molecule has 0 bridgehead atoms. The molecule has 2 aliphatic rings. The van der Waals surface area contributed by atoms with Crippen LogP contribution in [0.4, 0.5) is 0 Å². The molecule has 5 heteroatoms. The largest absolute Gasteiger partial charge is 0.303 e. The Morgan fingerprint density at radius 2 is 2.19 bits per heavy atom. The summed E-state index contributed by atoms with van der Waals surface area (Å²) in [6, 6.07) is 0.836. The Hall–Kier alpha value is -0.520. The minimum atomic E-state index is -0.107.